The molecule has 2 aromatic heterocycles. The average Bonchev–Trinajstić information content (AvgIpc) is 2.58. The van der Waals surface area contributed by atoms with Crippen LogP contribution in [0.4, 0.5) is 0 Å². The quantitative estimate of drug-likeness (QED) is 0.335. The minimum atomic E-state index is -0.589. The number of H-pyrrole nitrogens is 2. The van der Waals surface area contributed by atoms with Gasteiger partial charge in [0.05, 0.1) is 11.2 Å². The SMILES string of the molecule is O=c1[nH]n(-c2ccc(I)cc2)c(=O)c2c(=O)c3ccc(Cl)cc3[nH]c12. The summed E-state index contributed by atoms with van der Waals surface area (Å²) in [6.45, 7) is 0. The molecule has 8 heteroatoms. The molecule has 6 nitrogen and oxygen atoms in total. The van der Waals surface area contributed by atoms with Crippen molar-refractivity contribution < 1.29 is 0 Å². The van der Waals surface area contributed by atoms with Crippen LogP contribution in [0.25, 0.3) is 27.5 Å². The first kappa shape index (κ1) is 16.1. The molecule has 0 bridgehead atoms. The highest BCUT2D eigenvalue weighted by Crippen LogP contribution is 2.16. The summed E-state index contributed by atoms with van der Waals surface area (Å²) < 4.78 is 2.07. The summed E-state index contributed by atoms with van der Waals surface area (Å²) >= 11 is 8.07. The minimum Gasteiger partial charge on any atom is -0.350 e. The van der Waals surface area contributed by atoms with E-state index in [0.29, 0.717) is 21.6 Å². The van der Waals surface area contributed by atoms with Crippen molar-refractivity contribution in [1.29, 1.82) is 0 Å². The zero-order chi connectivity index (χ0) is 17.7. The molecule has 0 aliphatic heterocycles. The van der Waals surface area contributed by atoms with Gasteiger partial charge >= 0.3 is 0 Å². The lowest BCUT2D eigenvalue weighted by molar-refractivity contribution is 0.799. The van der Waals surface area contributed by atoms with Crippen LogP contribution in [0.5, 0.6) is 0 Å². The smallest absolute Gasteiger partial charge is 0.287 e. The van der Waals surface area contributed by atoms with E-state index in [1.807, 2.05) is 0 Å². The molecule has 0 spiro atoms. The molecule has 2 heterocycles. The first-order valence-electron chi connectivity index (χ1n) is 7.22. The fourth-order valence-electron chi connectivity index (χ4n) is 2.73. The number of fused-ring (bicyclic) bond motifs is 2. The average molecular weight is 466 g/mol. The van der Waals surface area contributed by atoms with Gasteiger partial charge in [-0.3, -0.25) is 19.5 Å². The number of nitrogens with one attached hydrogen (secondary N) is 2. The molecule has 25 heavy (non-hydrogen) atoms. The minimum absolute atomic E-state index is 0.0634. The molecule has 0 fully saturated rings. The van der Waals surface area contributed by atoms with E-state index in [0.717, 1.165) is 8.25 Å². The molecule has 4 rings (SSSR count). The third kappa shape index (κ3) is 2.59. The summed E-state index contributed by atoms with van der Waals surface area (Å²) in [6.07, 6.45) is 0. The molecule has 0 amide bonds. The number of aromatic nitrogens is 3. The lowest BCUT2D eigenvalue weighted by Crippen LogP contribution is -2.32. The third-order valence-corrected chi connectivity index (χ3v) is 4.86. The maximum absolute atomic E-state index is 12.8. The number of pyridine rings is 1. The summed E-state index contributed by atoms with van der Waals surface area (Å²) in [5.41, 5.74) is -0.842. The van der Waals surface area contributed by atoms with Gasteiger partial charge in [0.1, 0.15) is 10.9 Å². The second-order valence-corrected chi connectivity index (χ2v) is 7.13. The third-order valence-electron chi connectivity index (χ3n) is 3.91. The number of benzene rings is 2. The largest absolute Gasteiger partial charge is 0.350 e. The van der Waals surface area contributed by atoms with Gasteiger partial charge < -0.3 is 4.98 Å². The Hall–Kier alpha value is -2.39. The van der Waals surface area contributed by atoms with Gasteiger partial charge in [0.25, 0.3) is 11.1 Å². The van der Waals surface area contributed by atoms with Crippen LogP contribution in [0.15, 0.2) is 56.8 Å². The second kappa shape index (κ2) is 5.85. The molecular formula is C17H9ClIN3O3. The van der Waals surface area contributed by atoms with Gasteiger partial charge in [-0.2, -0.15) is 0 Å². The first-order valence-corrected chi connectivity index (χ1v) is 8.68. The van der Waals surface area contributed by atoms with Gasteiger partial charge in [-0.25, -0.2) is 4.68 Å². The molecule has 124 valence electrons. The van der Waals surface area contributed by atoms with E-state index in [1.165, 1.54) is 6.07 Å². The topological polar surface area (TPSA) is 87.7 Å². The Balaban J connectivity index is 2.17. The summed E-state index contributed by atoms with van der Waals surface area (Å²) in [4.78, 5) is 40.9. The van der Waals surface area contributed by atoms with Gasteiger partial charge in [-0.05, 0) is 65.1 Å². The molecule has 0 aliphatic rings. The predicted molar refractivity (Wildman–Crippen MR) is 106 cm³/mol. The monoisotopic (exact) mass is 465 g/mol. The van der Waals surface area contributed by atoms with Gasteiger partial charge in [0.2, 0.25) is 5.43 Å². The summed E-state index contributed by atoms with van der Waals surface area (Å²) in [5, 5.41) is 3.04. The van der Waals surface area contributed by atoms with Crippen LogP contribution in [-0.2, 0) is 0 Å². The first-order chi connectivity index (χ1) is 12.0. The Morgan fingerprint density at radius 2 is 1.72 bits per heavy atom. The fraction of sp³-hybridized carbons (Fsp3) is 0. The van der Waals surface area contributed by atoms with Crippen molar-refractivity contribution in [2.75, 3.05) is 0 Å². The highest BCUT2D eigenvalue weighted by atomic mass is 127. The number of rotatable bonds is 1. The van der Waals surface area contributed by atoms with Crippen molar-refractivity contribution in [1.82, 2.24) is 14.8 Å². The van der Waals surface area contributed by atoms with Crippen LogP contribution in [0, 0.1) is 3.57 Å². The van der Waals surface area contributed by atoms with Gasteiger partial charge in [0, 0.05) is 14.0 Å². The van der Waals surface area contributed by atoms with E-state index in [1.54, 1.807) is 36.4 Å². The van der Waals surface area contributed by atoms with Crippen molar-refractivity contribution >= 4 is 56.0 Å². The number of hydrogen-bond acceptors (Lipinski definition) is 3. The molecule has 0 saturated carbocycles. The fourth-order valence-corrected chi connectivity index (χ4v) is 3.26. The molecule has 2 N–H and O–H groups in total. The van der Waals surface area contributed by atoms with Crippen molar-refractivity contribution in [3.05, 3.63) is 82.0 Å². The maximum atomic E-state index is 12.8. The van der Waals surface area contributed by atoms with Crippen LogP contribution < -0.4 is 16.5 Å². The summed E-state index contributed by atoms with van der Waals surface area (Å²) in [6, 6.07) is 11.6. The molecule has 0 saturated heterocycles. The lowest BCUT2D eigenvalue weighted by Gasteiger charge is -2.08. The van der Waals surface area contributed by atoms with Crippen molar-refractivity contribution in [2.45, 2.75) is 0 Å². The zero-order valence-corrected chi connectivity index (χ0v) is 15.4. The summed E-state index contributed by atoms with van der Waals surface area (Å²) in [5.74, 6) is 0. The van der Waals surface area contributed by atoms with E-state index in [2.05, 4.69) is 32.7 Å². The highest BCUT2D eigenvalue weighted by Gasteiger charge is 2.15. The van der Waals surface area contributed by atoms with Gasteiger partial charge in [0.15, 0.2) is 0 Å². The van der Waals surface area contributed by atoms with Crippen LogP contribution in [0.3, 0.4) is 0 Å². The van der Waals surface area contributed by atoms with Crippen molar-refractivity contribution in [2.24, 2.45) is 0 Å². The Morgan fingerprint density at radius 3 is 2.44 bits per heavy atom. The second-order valence-electron chi connectivity index (χ2n) is 5.45. The van der Waals surface area contributed by atoms with E-state index in [-0.39, 0.29) is 10.9 Å². The number of halogens is 2. The Bertz CT molecular complexity index is 1320. The highest BCUT2D eigenvalue weighted by molar-refractivity contribution is 14.1. The molecule has 2 aromatic carbocycles. The normalized spacial score (nSPS) is 11.3. The number of aromatic amines is 2. The van der Waals surface area contributed by atoms with E-state index >= 15 is 0 Å². The van der Waals surface area contributed by atoms with Crippen molar-refractivity contribution in [3.8, 4) is 5.69 Å². The Kier molecular flexibility index (Phi) is 3.77. The van der Waals surface area contributed by atoms with Crippen LogP contribution in [0.1, 0.15) is 0 Å². The maximum Gasteiger partial charge on any atom is 0.287 e. The molecule has 0 radical (unpaired) electrons. The van der Waals surface area contributed by atoms with Crippen LogP contribution in [-0.4, -0.2) is 14.8 Å². The van der Waals surface area contributed by atoms with Crippen LogP contribution in [0.2, 0.25) is 5.02 Å². The predicted octanol–water partition coefficient (Wildman–Crippen LogP) is 2.78. The molecule has 0 aliphatic carbocycles. The zero-order valence-electron chi connectivity index (χ0n) is 12.5. The standard InChI is InChI=1S/C17H9ClIN3O3/c18-8-1-6-11-12(7-8)20-14-13(15(11)23)17(25)22(21-16(14)24)10-4-2-9(19)3-5-10/h1-7H,(H,20,23)(H,21,24). The molecular weight excluding hydrogens is 457 g/mol. The van der Waals surface area contributed by atoms with Crippen LogP contribution >= 0.6 is 34.2 Å². The number of hydrogen-bond donors (Lipinski definition) is 2. The molecule has 4 aromatic rings. The molecule has 0 unspecified atom stereocenters. The Labute approximate surface area is 158 Å². The van der Waals surface area contributed by atoms with Gasteiger partial charge in [-0.1, -0.05) is 11.6 Å². The number of nitrogens with zero attached hydrogens (tertiary/aromatic N) is 1. The van der Waals surface area contributed by atoms with Crippen molar-refractivity contribution in [3.63, 3.8) is 0 Å². The van der Waals surface area contributed by atoms with E-state index in [4.69, 9.17) is 11.6 Å². The van der Waals surface area contributed by atoms with Gasteiger partial charge in [-0.15, -0.1) is 0 Å². The van der Waals surface area contributed by atoms with E-state index < -0.39 is 16.5 Å². The lowest BCUT2D eigenvalue weighted by atomic mass is 10.1. The summed E-state index contributed by atoms with van der Waals surface area (Å²) in [7, 11) is 0. The molecule has 0 atom stereocenters. The Morgan fingerprint density at radius 1 is 1.00 bits per heavy atom. The van der Waals surface area contributed by atoms with E-state index in [9.17, 15) is 14.4 Å².